The Morgan fingerprint density at radius 2 is 0.629 bits per heavy atom. The van der Waals surface area contributed by atoms with Crippen molar-refractivity contribution >= 4 is 17.9 Å². The second kappa shape index (κ2) is 50.0. The summed E-state index contributed by atoms with van der Waals surface area (Å²) >= 11 is 0. The SMILES string of the molecule is CC/C=C\C/C=C\C/C=C\C/C=C\CCCCCCCCCCC(=O)OCC(COC(=O)CCCCCCCCCC)OC(=O)CCCC/C=C\C/C=C\C/C=C\C/C=C\CC. The van der Waals surface area contributed by atoms with Gasteiger partial charge in [-0.3, -0.25) is 14.4 Å². The maximum absolute atomic E-state index is 12.7. The van der Waals surface area contributed by atoms with Gasteiger partial charge in [-0.05, 0) is 96.3 Å². The first-order valence-electron chi connectivity index (χ1n) is 25.2. The van der Waals surface area contributed by atoms with E-state index in [-0.39, 0.29) is 37.5 Å². The van der Waals surface area contributed by atoms with Gasteiger partial charge in [0.2, 0.25) is 0 Å². The van der Waals surface area contributed by atoms with Crippen LogP contribution in [0.3, 0.4) is 0 Å². The molecule has 0 aromatic carbocycles. The van der Waals surface area contributed by atoms with Gasteiger partial charge in [0, 0.05) is 19.3 Å². The zero-order chi connectivity index (χ0) is 45.1. The van der Waals surface area contributed by atoms with Crippen LogP contribution in [0.25, 0.3) is 0 Å². The van der Waals surface area contributed by atoms with Gasteiger partial charge in [0.25, 0.3) is 0 Å². The minimum absolute atomic E-state index is 0.0970. The van der Waals surface area contributed by atoms with Crippen LogP contribution >= 0.6 is 0 Å². The molecule has 0 rings (SSSR count). The molecule has 0 spiro atoms. The molecule has 0 aliphatic rings. The molecule has 0 amide bonds. The normalized spacial score (nSPS) is 12.9. The Bertz CT molecular complexity index is 1260. The first-order valence-corrected chi connectivity index (χ1v) is 25.2. The largest absolute Gasteiger partial charge is 0.462 e. The zero-order valence-electron chi connectivity index (χ0n) is 40.1. The van der Waals surface area contributed by atoms with E-state index in [2.05, 4.69) is 118 Å². The van der Waals surface area contributed by atoms with E-state index in [4.69, 9.17) is 14.2 Å². The maximum atomic E-state index is 12.7. The fraction of sp³-hybridized carbons (Fsp3) is 0.661. The number of hydrogen-bond acceptors (Lipinski definition) is 6. The van der Waals surface area contributed by atoms with E-state index in [1.165, 1.54) is 64.2 Å². The van der Waals surface area contributed by atoms with Crippen molar-refractivity contribution in [2.24, 2.45) is 0 Å². The van der Waals surface area contributed by atoms with Gasteiger partial charge >= 0.3 is 17.9 Å². The van der Waals surface area contributed by atoms with Crippen molar-refractivity contribution in [2.75, 3.05) is 13.2 Å². The van der Waals surface area contributed by atoms with Crippen LogP contribution in [-0.4, -0.2) is 37.2 Å². The molecule has 0 aliphatic heterocycles. The molecule has 0 aliphatic carbocycles. The van der Waals surface area contributed by atoms with Gasteiger partial charge in [0.05, 0.1) is 0 Å². The van der Waals surface area contributed by atoms with Crippen LogP contribution in [0.5, 0.6) is 0 Å². The van der Waals surface area contributed by atoms with Gasteiger partial charge in [0.1, 0.15) is 13.2 Å². The monoisotopic (exact) mass is 861 g/mol. The fourth-order valence-electron chi connectivity index (χ4n) is 6.60. The number of hydrogen-bond donors (Lipinski definition) is 0. The number of allylic oxidation sites excluding steroid dienone is 16. The lowest BCUT2D eigenvalue weighted by Crippen LogP contribution is -2.30. The molecule has 0 saturated carbocycles. The lowest BCUT2D eigenvalue weighted by atomic mass is 10.1. The smallest absolute Gasteiger partial charge is 0.306 e. The summed E-state index contributed by atoms with van der Waals surface area (Å²) in [5.41, 5.74) is 0. The summed E-state index contributed by atoms with van der Waals surface area (Å²) in [7, 11) is 0. The molecule has 0 aromatic rings. The molecule has 0 fully saturated rings. The van der Waals surface area contributed by atoms with Gasteiger partial charge in [-0.25, -0.2) is 0 Å². The van der Waals surface area contributed by atoms with Gasteiger partial charge in [-0.1, -0.05) is 201 Å². The number of rotatable bonds is 44. The number of carbonyl (C=O) groups is 3. The Balaban J connectivity index is 4.35. The van der Waals surface area contributed by atoms with Crippen molar-refractivity contribution < 1.29 is 28.6 Å². The summed E-state index contributed by atoms with van der Waals surface area (Å²) in [5.74, 6) is -0.956. The number of esters is 3. The molecular formula is C56H92O6. The molecule has 0 radical (unpaired) electrons. The Labute approximate surface area is 381 Å². The van der Waals surface area contributed by atoms with Gasteiger partial charge in [-0.2, -0.15) is 0 Å². The minimum atomic E-state index is -0.800. The van der Waals surface area contributed by atoms with Crippen LogP contribution in [0.1, 0.15) is 220 Å². The molecule has 0 N–H and O–H groups in total. The summed E-state index contributed by atoms with van der Waals surface area (Å²) in [6.07, 6.45) is 65.5. The van der Waals surface area contributed by atoms with Gasteiger partial charge in [-0.15, -0.1) is 0 Å². The van der Waals surface area contributed by atoms with Crippen molar-refractivity contribution in [3.8, 4) is 0 Å². The van der Waals surface area contributed by atoms with Crippen molar-refractivity contribution in [1.82, 2.24) is 0 Å². The van der Waals surface area contributed by atoms with Crippen LogP contribution in [0, 0.1) is 0 Å². The third-order valence-corrected chi connectivity index (χ3v) is 10.3. The van der Waals surface area contributed by atoms with Crippen molar-refractivity contribution in [3.63, 3.8) is 0 Å². The first kappa shape index (κ1) is 58.3. The van der Waals surface area contributed by atoms with Crippen molar-refractivity contribution in [3.05, 3.63) is 97.2 Å². The summed E-state index contributed by atoms with van der Waals surface area (Å²) in [5, 5.41) is 0. The summed E-state index contributed by atoms with van der Waals surface area (Å²) in [6.45, 7) is 6.33. The predicted molar refractivity (Wildman–Crippen MR) is 265 cm³/mol. The average Bonchev–Trinajstić information content (AvgIpc) is 3.27. The number of unbranched alkanes of at least 4 members (excludes halogenated alkanes) is 17. The van der Waals surface area contributed by atoms with E-state index in [1.54, 1.807) is 0 Å². The Morgan fingerprint density at radius 1 is 0.339 bits per heavy atom. The summed E-state index contributed by atoms with van der Waals surface area (Å²) in [4.78, 5) is 37.8. The topological polar surface area (TPSA) is 78.9 Å². The molecule has 6 nitrogen and oxygen atoms in total. The number of carbonyl (C=O) groups excluding carboxylic acids is 3. The van der Waals surface area contributed by atoms with E-state index in [1.807, 2.05) is 0 Å². The highest BCUT2D eigenvalue weighted by atomic mass is 16.6. The van der Waals surface area contributed by atoms with Crippen LogP contribution in [0.15, 0.2) is 97.2 Å². The Morgan fingerprint density at radius 3 is 1.02 bits per heavy atom. The molecule has 0 bridgehead atoms. The predicted octanol–water partition coefficient (Wildman–Crippen LogP) is 16.6. The summed E-state index contributed by atoms with van der Waals surface area (Å²) < 4.78 is 16.7. The van der Waals surface area contributed by atoms with Crippen LogP contribution in [0.4, 0.5) is 0 Å². The molecule has 1 unspecified atom stereocenters. The van der Waals surface area contributed by atoms with Gasteiger partial charge in [0.15, 0.2) is 6.10 Å². The van der Waals surface area contributed by atoms with Crippen LogP contribution in [0.2, 0.25) is 0 Å². The lowest BCUT2D eigenvalue weighted by molar-refractivity contribution is -0.167. The highest BCUT2D eigenvalue weighted by molar-refractivity contribution is 5.71. The molecule has 6 heteroatoms. The first-order chi connectivity index (χ1) is 30.5. The van der Waals surface area contributed by atoms with Crippen molar-refractivity contribution in [1.29, 1.82) is 0 Å². The standard InChI is InChI=1S/C56H92O6/c1-4-7-10-13-16-19-21-23-25-26-27-28-29-30-32-33-35-37-40-43-46-49-55(58)61-52-53(51-60-54(57)48-45-42-39-18-15-12-9-6-3)62-56(59)50-47-44-41-38-36-34-31-24-22-20-17-14-11-8-5-2/h7-8,10-11,16-17,19-20,23-25,27-28,31,36,38,53H,4-6,9,12-15,18,21-22,26,29-30,32-35,37,39-52H2,1-3H3/b10-7-,11-8-,19-16-,20-17-,25-23-,28-27-,31-24-,38-36-. The van der Waals surface area contributed by atoms with E-state index >= 15 is 0 Å². The number of ether oxygens (including phenoxy) is 3. The van der Waals surface area contributed by atoms with E-state index < -0.39 is 6.10 Å². The molecule has 0 heterocycles. The Hall–Kier alpha value is -3.67. The third-order valence-electron chi connectivity index (χ3n) is 10.3. The van der Waals surface area contributed by atoms with Crippen molar-refractivity contribution in [2.45, 2.75) is 226 Å². The minimum Gasteiger partial charge on any atom is -0.462 e. The van der Waals surface area contributed by atoms with E-state index in [9.17, 15) is 14.4 Å². The zero-order valence-corrected chi connectivity index (χ0v) is 40.1. The highest BCUT2D eigenvalue weighted by Crippen LogP contribution is 2.13. The Kier molecular flexibility index (Phi) is 47.0. The third kappa shape index (κ3) is 47.4. The van der Waals surface area contributed by atoms with Crippen LogP contribution in [-0.2, 0) is 28.6 Å². The molecule has 62 heavy (non-hydrogen) atoms. The molecular weight excluding hydrogens is 769 g/mol. The maximum Gasteiger partial charge on any atom is 0.306 e. The van der Waals surface area contributed by atoms with Crippen LogP contribution < -0.4 is 0 Å². The lowest BCUT2D eigenvalue weighted by Gasteiger charge is -2.18. The quantitative estimate of drug-likeness (QED) is 0.0263. The molecule has 352 valence electrons. The highest BCUT2D eigenvalue weighted by Gasteiger charge is 2.19. The van der Waals surface area contributed by atoms with E-state index in [0.29, 0.717) is 19.3 Å². The second-order valence-corrected chi connectivity index (χ2v) is 16.3. The molecule has 1 atom stereocenters. The van der Waals surface area contributed by atoms with E-state index in [0.717, 1.165) is 109 Å². The summed E-state index contributed by atoms with van der Waals surface area (Å²) in [6, 6.07) is 0. The van der Waals surface area contributed by atoms with Gasteiger partial charge < -0.3 is 14.2 Å². The fourth-order valence-corrected chi connectivity index (χ4v) is 6.60. The second-order valence-electron chi connectivity index (χ2n) is 16.3. The molecule has 0 aromatic heterocycles. The molecule has 0 saturated heterocycles. The average molecular weight is 861 g/mol.